The molecule has 1 N–H and O–H groups in total. The van der Waals surface area contributed by atoms with E-state index in [0.717, 1.165) is 44.6 Å². The molecule has 1 aromatic rings. The third kappa shape index (κ3) is 5.42. The zero-order chi connectivity index (χ0) is 18.4. The first-order valence-corrected chi connectivity index (χ1v) is 8.71. The Morgan fingerprint density at radius 1 is 1.28 bits per heavy atom. The molecule has 0 saturated heterocycles. The van der Waals surface area contributed by atoms with Crippen molar-refractivity contribution in [1.29, 1.82) is 0 Å². The molecular weight excluding hydrogens is 348 g/mol. The number of halogens is 1. The molecule has 1 fully saturated rings. The lowest BCUT2D eigenvalue weighted by molar-refractivity contribution is -0.385. The highest BCUT2D eigenvalue weighted by Crippen LogP contribution is 2.24. The number of hydrogen-bond acceptors (Lipinski definition) is 5. The molecule has 0 bridgehead atoms. The van der Waals surface area contributed by atoms with Crippen molar-refractivity contribution in [2.45, 2.75) is 57.6 Å². The number of benzene rings is 1. The maximum Gasteiger partial charge on any atom is 0.345 e. The molecule has 7 nitrogen and oxygen atoms in total. The summed E-state index contributed by atoms with van der Waals surface area (Å²) < 4.78 is 5.10. The first-order chi connectivity index (χ1) is 11.9. The minimum absolute atomic E-state index is 0.0843. The van der Waals surface area contributed by atoms with Crippen molar-refractivity contribution in [3.05, 3.63) is 38.9 Å². The fourth-order valence-corrected chi connectivity index (χ4v) is 3.01. The first-order valence-electron chi connectivity index (χ1n) is 8.34. The molecule has 136 valence electrons. The molecular formula is C17H21ClN2O5. The van der Waals surface area contributed by atoms with Crippen molar-refractivity contribution in [2.75, 3.05) is 0 Å². The minimum atomic E-state index is -1.04. The van der Waals surface area contributed by atoms with Crippen molar-refractivity contribution in [1.82, 2.24) is 5.32 Å². The molecule has 1 saturated carbocycles. The Kier molecular flexibility index (Phi) is 6.75. The molecule has 1 aliphatic carbocycles. The van der Waals surface area contributed by atoms with Gasteiger partial charge in [0, 0.05) is 17.1 Å². The fourth-order valence-electron chi connectivity index (χ4n) is 2.85. The van der Waals surface area contributed by atoms with Crippen LogP contribution in [0.25, 0.3) is 0 Å². The summed E-state index contributed by atoms with van der Waals surface area (Å²) in [6.45, 7) is 1.45. The number of nitro benzene ring substituents is 1. The Morgan fingerprint density at radius 2 is 1.92 bits per heavy atom. The lowest BCUT2D eigenvalue weighted by Crippen LogP contribution is -2.41. The van der Waals surface area contributed by atoms with E-state index in [9.17, 15) is 19.7 Å². The second kappa shape index (κ2) is 8.80. The van der Waals surface area contributed by atoms with Gasteiger partial charge < -0.3 is 10.1 Å². The highest BCUT2D eigenvalue weighted by Gasteiger charge is 2.26. The van der Waals surface area contributed by atoms with E-state index in [-0.39, 0.29) is 16.6 Å². The van der Waals surface area contributed by atoms with E-state index in [1.54, 1.807) is 0 Å². The van der Waals surface area contributed by atoms with Gasteiger partial charge in [0.25, 0.3) is 11.6 Å². The van der Waals surface area contributed by atoms with Gasteiger partial charge in [-0.2, -0.15) is 0 Å². The third-order valence-corrected chi connectivity index (χ3v) is 4.47. The summed E-state index contributed by atoms with van der Waals surface area (Å²) in [4.78, 5) is 34.8. The zero-order valence-corrected chi connectivity index (χ0v) is 14.8. The second-order valence-corrected chi connectivity index (χ2v) is 6.60. The van der Waals surface area contributed by atoms with Gasteiger partial charge in [0.2, 0.25) is 0 Å². The summed E-state index contributed by atoms with van der Waals surface area (Å²) in [5.74, 6) is -1.32. The number of carbonyl (C=O) groups is 2. The summed E-state index contributed by atoms with van der Waals surface area (Å²) >= 11 is 5.72. The maximum atomic E-state index is 12.2. The molecule has 0 radical (unpaired) electrons. The number of nitro groups is 1. The van der Waals surface area contributed by atoms with Gasteiger partial charge in [-0.3, -0.25) is 14.9 Å². The average molecular weight is 369 g/mol. The lowest BCUT2D eigenvalue weighted by Gasteiger charge is -2.19. The summed E-state index contributed by atoms with van der Waals surface area (Å²) in [5, 5.41) is 14.1. The number of ether oxygens (including phenoxy) is 1. The van der Waals surface area contributed by atoms with E-state index >= 15 is 0 Å². The van der Waals surface area contributed by atoms with E-state index in [4.69, 9.17) is 16.3 Å². The van der Waals surface area contributed by atoms with Gasteiger partial charge in [-0.1, -0.05) is 37.3 Å². The van der Waals surface area contributed by atoms with E-state index < -0.39 is 28.6 Å². The summed E-state index contributed by atoms with van der Waals surface area (Å²) in [5.41, 5.74) is -0.683. The second-order valence-electron chi connectivity index (χ2n) is 6.16. The van der Waals surface area contributed by atoms with Crippen molar-refractivity contribution >= 4 is 29.2 Å². The molecule has 0 aromatic heterocycles. The van der Waals surface area contributed by atoms with Crippen LogP contribution < -0.4 is 5.32 Å². The van der Waals surface area contributed by atoms with Crippen LogP contribution in [0.2, 0.25) is 5.02 Å². The van der Waals surface area contributed by atoms with Crippen LogP contribution in [-0.4, -0.2) is 28.9 Å². The number of esters is 1. The van der Waals surface area contributed by atoms with Crippen molar-refractivity contribution in [3.8, 4) is 0 Å². The fraction of sp³-hybridized carbons (Fsp3) is 0.529. The van der Waals surface area contributed by atoms with Gasteiger partial charge in [-0.05, 0) is 31.9 Å². The van der Waals surface area contributed by atoms with Crippen molar-refractivity contribution in [2.24, 2.45) is 0 Å². The van der Waals surface area contributed by atoms with Crippen LogP contribution in [0.1, 0.15) is 55.8 Å². The Bertz CT molecular complexity index is 656. The third-order valence-electron chi connectivity index (χ3n) is 4.23. The standard InChI is InChI=1S/C17H21ClN2O5/c1-11(16(21)19-13-6-4-2-3-5-7-13)25-17(22)14-9-8-12(18)10-15(14)20(23)24/h8-11,13H,2-7H2,1H3,(H,19,21). The van der Waals surface area contributed by atoms with Gasteiger partial charge in [0.15, 0.2) is 6.10 Å². The largest absolute Gasteiger partial charge is 0.449 e. The number of nitrogens with zero attached hydrogens (tertiary/aromatic N) is 1. The Morgan fingerprint density at radius 3 is 2.52 bits per heavy atom. The SMILES string of the molecule is CC(OC(=O)c1ccc(Cl)cc1[N+](=O)[O-])C(=O)NC1CCCCCC1. The number of amides is 1. The number of hydrogen-bond donors (Lipinski definition) is 1. The highest BCUT2D eigenvalue weighted by molar-refractivity contribution is 6.31. The van der Waals surface area contributed by atoms with Gasteiger partial charge in [0.1, 0.15) is 5.56 Å². The van der Waals surface area contributed by atoms with Crippen LogP contribution >= 0.6 is 11.6 Å². The molecule has 25 heavy (non-hydrogen) atoms. The highest BCUT2D eigenvalue weighted by atomic mass is 35.5. The number of nitrogens with one attached hydrogen (secondary N) is 1. The normalized spacial score (nSPS) is 16.6. The Balaban J connectivity index is 1.99. The van der Waals surface area contributed by atoms with Gasteiger partial charge in [-0.15, -0.1) is 0 Å². The minimum Gasteiger partial charge on any atom is -0.449 e. The zero-order valence-electron chi connectivity index (χ0n) is 14.0. The van der Waals surface area contributed by atoms with Crippen molar-refractivity contribution < 1.29 is 19.2 Å². The van der Waals surface area contributed by atoms with Gasteiger partial charge >= 0.3 is 5.97 Å². The molecule has 1 atom stereocenters. The molecule has 8 heteroatoms. The first kappa shape index (κ1) is 19.2. The predicted molar refractivity (Wildman–Crippen MR) is 92.6 cm³/mol. The lowest BCUT2D eigenvalue weighted by atomic mass is 10.1. The molecule has 2 rings (SSSR count). The molecule has 1 aliphatic rings. The van der Waals surface area contributed by atoms with Crippen LogP contribution in [0, 0.1) is 10.1 Å². The van der Waals surface area contributed by atoms with Crippen molar-refractivity contribution in [3.63, 3.8) is 0 Å². The Labute approximate surface area is 150 Å². The molecule has 0 heterocycles. The molecule has 1 amide bonds. The van der Waals surface area contributed by atoms with Crippen LogP contribution in [0.4, 0.5) is 5.69 Å². The summed E-state index contributed by atoms with van der Waals surface area (Å²) in [6.07, 6.45) is 5.25. The average Bonchev–Trinajstić information content (AvgIpc) is 2.83. The van der Waals surface area contributed by atoms with Crippen LogP contribution in [-0.2, 0) is 9.53 Å². The van der Waals surface area contributed by atoms with E-state index in [0.29, 0.717) is 0 Å². The number of carbonyl (C=O) groups excluding carboxylic acids is 2. The molecule has 0 aliphatic heterocycles. The molecule has 1 unspecified atom stereocenters. The van der Waals surface area contributed by atoms with Crippen LogP contribution in [0.5, 0.6) is 0 Å². The summed E-state index contributed by atoms with van der Waals surface area (Å²) in [7, 11) is 0. The van der Waals surface area contributed by atoms with Crippen LogP contribution in [0.15, 0.2) is 18.2 Å². The maximum absolute atomic E-state index is 12.2. The quantitative estimate of drug-likeness (QED) is 0.370. The number of rotatable bonds is 5. The Hall–Kier alpha value is -2.15. The molecule has 0 spiro atoms. The monoisotopic (exact) mass is 368 g/mol. The molecule has 1 aromatic carbocycles. The topological polar surface area (TPSA) is 98.5 Å². The van der Waals surface area contributed by atoms with Gasteiger partial charge in [-0.25, -0.2) is 4.79 Å². The van der Waals surface area contributed by atoms with Gasteiger partial charge in [0.05, 0.1) is 4.92 Å². The summed E-state index contributed by atoms with van der Waals surface area (Å²) in [6, 6.07) is 3.75. The van der Waals surface area contributed by atoms with E-state index in [1.807, 2.05) is 0 Å². The smallest absolute Gasteiger partial charge is 0.345 e. The van der Waals surface area contributed by atoms with E-state index in [2.05, 4.69) is 5.32 Å². The van der Waals surface area contributed by atoms with Crippen LogP contribution in [0.3, 0.4) is 0 Å². The van der Waals surface area contributed by atoms with E-state index in [1.165, 1.54) is 19.1 Å². The predicted octanol–water partition coefficient (Wildman–Crippen LogP) is 3.63.